The van der Waals surface area contributed by atoms with Crippen LogP contribution >= 0.6 is 15.9 Å². The highest BCUT2D eigenvalue weighted by Gasteiger charge is 2.25. The van der Waals surface area contributed by atoms with Gasteiger partial charge in [0.2, 0.25) is 0 Å². The van der Waals surface area contributed by atoms with Crippen LogP contribution in [0.3, 0.4) is 0 Å². The van der Waals surface area contributed by atoms with Gasteiger partial charge in [0.1, 0.15) is 0 Å². The molecule has 4 nitrogen and oxygen atoms in total. The normalized spacial score (nSPS) is 13.4. The van der Waals surface area contributed by atoms with Crippen molar-refractivity contribution in [3.8, 4) is 0 Å². The lowest BCUT2D eigenvalue weighted by molar-refractivity contribution is -0.136. The smallest absolute Gasteiger partial charge is 0.304 e. The van der Waals surface area contributed by atoms with Gasteiger partial charge in [-0.3, -0.25) is 4.79 Å². The summed E-state index contributed by atoms with van der Waals surface area (Å²) in [4.78, 5) is 10.6. The van der Waals surface area contributed by atoms with Gasteiger partial charge in [0, 0.05) is 4.47 Å². The van der Waals surface area contributed by atoms with Gasteiger partial charge in [-0.05, 0) is 25.1 Å². The maximum absolute atomic E-state index is 11.9. The van der Waals surface area contributed by atoms with Crippen molar-refractivity contribution < 1.29 is 18.3 Å². The zero-order valence-corrected chi connectivity index (χ0v) is 11.0. The number of carbonyl (C=O) groups is 1. The SMILES string of the molecule is CC(CC(=O)O)S(=O)(=O)c1cccc(Br)c1. The molecule has 0 fully saturated rings. The fourth-order valence-electron chi connectivity index (χ4n) is 1.23. The number of halogens is 1. The monoisotopic (exact) mass is 306 g/mol. The first-order chi connectivity index (χ1) is 7.34. The van der Waals surface area contributed by atoms with Crippen molar-refractivity contribution >= 4 is 31.7 Å². The number of benzene rings is 1. The van der Waals surface area contributed by atoms with E-state index in [-0.39, 0.29) is 4.90 Å². The van der Waals surface area contributed by atoms with E-state index in [1.165, 1.54) is 19.1 Å². The maximum atomic E-state index is 11.9. The number of hydrogen-bond acceptors (Lipinski definition) is 3. The van der Waals surface area contributed by atoms with E-state index in [0.717, 1.165) is 0 Å². The second-order valence-electron chi connectivity index (χ2n) is 3.41. The molecule has 1 rings (SSSR count). The Labute approximate surface area is 102 Å². The molecule has 0 aliphatic rings. The average molecular weight is 307 g/mol. The van der Waals surface area contributed by atoms with Gasteiger partial charge >= 0.3 is 5.97 Å². The van der Waals surface area contributed by atoms with Crippen LogP contribution in [-0.2, 0) is 14.6 Å². The lowest BCUT2D eigenvalue weighted by Crippen LogP contribution is -2.21. The van der Waals surface area contributed by atoms with E-state index in [2.05, 4.69) is 15.9 Å². The summed E-state index contributed by atoms with van der Waals surface area (Å²) in [5.74, 6) is -1.12. The third kappa shape index (κ3) is 3.05. The van der Waals surface area contributed by atoms with Crippen LogP contribution in [0, 0.1) is 0 Å². The molecule has 0 bridgehead atoms. The Hall–Kier alpha value is -0.880. The van der Waals surface area contributed by atoms with Crippen molar-refractivity contribution in [3.05, 3.63) is 28.7 Å². The van der Waals surface area contributed by atoms with Gasteiger partial charge in [0.15, 0.2) is 9.84 Å². The Kier molecular flexibility index (Phi) is 4.09. The van der Waals surface area contributed by atoms with E-state index >= 15 is 0 Å². The molecule has 1 atom stereocenters. The highest BCUT2D eigenvalue weighted by molar-refractivity contribution is 9.10. The quantitative estimate of drug-likeness (QED) is 0.924. The van der Waals surface area contributed by atoms with Crippen LogP contribution in [0.2, 0.25) is 0 Å². The number of carboxylic acids is 1. The van der Waals surface area contributed by atoms with Crippen LogP contribution in [0.1, 0.15) is 13.3 Å². The molecule has 1 aromatic carbocycles. The number of aliphatic carboxylic acids is 1. The highest BCUT2D eigenvalue weighted by Crippen LogP contribution is 2.21. The van der Waals surface area contributed by atoms with Gasteiger partial charge in [-0.1, -0.05) is 22.0 Å². The Bertz CT molecular complexity index is 495. The summed E-state index contributed by atoms with van der Waals surface area (Å²) >= 11 is 3.17. The van der Waals surface area contributed by atoms with Crippen molar-refractivity contribution in [2.75, 3.05) is 0 Å². The van der Waals surface area contributed by atoms with Crippen molar-refractivity contribution in [1.29, 1.82) is 0 Å². The molecule has 88 valence electrons. The second kappa shape index (κ2) is 4.97. The van der Waals surface area contributed by atoms with Gasteiger partial charge < -0.3 is 5.11 Å². The Morgan fingerprint density at radius 1 is 1.50 bits per heavy atom. The molecule has 0 saturated carbocycles. The van der Waals surface area contributed by atoms with Crippen LogP contribution in [0.25, 0.3) is 0 Å². The summed E-state index contributed by atoms with van der Waals surface area (Å²) in [6, 6.07) is 6.23. The Morgan fingerprint density at radius 3 is 2.62 bits per heavy atom. The molecule has 0 radical (unpaired) electrons. The lowest BCUT2D eigenvalue weighted by Gasteiger charge is -2.10. The predicted molar refractivity (Wildman–Crippen MR) is 63.0 cm³/mol. The van der Waals surface area contributed by atoms with E-state index in [9.17, 15) is 13.2 Å². The molecular weight excluding hydrogens is 296 g/mol. The van der Waals surface area contributed by atoms with Crippen molar-refractivity contribution in [1.82, 2.24) is 0 Å². The molecule has 0 aliphatic carbocycles. The molecule has 0 amide bonds. The van der Waals surface area contributed by atoms with Gasteiger partial charge in [0.25, 0.3) is 0 Å². The van der Waals surface area contributed by atoms with Crippen molar-refractivity contribution in [2.45, 2.75) is 23.5 Å². The molecule has 0 heterocycles. The average Bonchev–Trinajstić information content (AvgIpc) is 2.16. The van der Waals surface area contributed by atoms with Crippen molar-refractivity contribution in [3.63, 3.8) is 0 Å². The van der Waals surface area contributed by atoms with Crippen LogP contribution in [0.15, 0.2) is 33.6 Å². The Morgan fingerprint density at radius 2 is 2.12 bits per heavy atom. The highest BCUT2D eigenvalue weighted by atomic mass is 79.9. The topological polar surface area (TPSA) is 71.4 Å². The minimum absolute atomic E-state index is 0.135. The molecule has 16 heavy (non-hydrogen) atoms. The fraction of sp³-hybridized carbons (Fsp3) is 0.300. The third-order valence-corrected chi connectivity index (χ3v) is 4.75. The first-order valence-corrected chi connectivity index (χ1v) is 6.89. The number of carboxylic acid groups (broad SMARTS) is 1. The number of hydrogen-bond donors (Lipinski definition) is 1. The lowest BCUT2D eigenvalue weighted by atomic mass is 10.3. The summed E-state index contributed by atoms with van der Waals surface area (Å²) < 4.78 is 24.5. The predicted octanol–water partition coefficient (Wildman–Crippen LogP) is 2.09. The zero-order chi connectivity index (χ0) is 12.3. The van der Waals surface area contributed by atoms with Gasteiger partial charge in [-0.15, -0.1) is 0 Å². The minimum atomic E-state index is -3.57. The summed E-state index contributed by atoms with van der Waals surface area (Å²) in [7, 11) is -3.57. The van der Waals surface area contributed by atoms with E-state index in [4.69, 9.17) is 5.11 Å². The van der Waals surface area contributed by atoms with E-state index in [1.54, 1.807) is 12.1 Å². The van der Waals surface area contributed by atoms with E-state index in [1.807, 2.05) is 0 Å². The molecule has 1 N–H and O–H groups in total. The minimum Gasteiger partial charge on any atom is -0.481 e. The molecule has 0 aliphatic heterocycles. The van der Waals surface area contributed by atoms with E-state index in [0.29, 0.717) is 4.47 Å². The Balaban J connectivity index is 3.07. The van der Waals surface area contributed by atoms with E-state index < -0.39 is 27.5 Å². The second-order valence-corrected chi connectivity index (χ2v) is 6.69. The van der Waals surface area contributed by atoms with Gasteiger partial charge in [-0.2, -0.15) is 0 Å². The fourth-order valence-corrected chi connectivity index (χ4v) is 3.17. The van der Waals surface area contributed by atoms with Gasteiger partial charge in [0.05, 0.1) is 16.6 Å². The summed E-state index contributed by atoms with van der Waals surface area (Å²) in [5.41, 5.74) is 0. The molecule has 6 heteroatoms. The standard InChI is InChI=1S/C10H11BrO4S/c1-7(5-10(12)13)16(14,15)9-4-2-3-8(11)6-9/h2-4,6-7H,5H2,1H3,(H,12,13). The molecule has 0 spiro atoms. The summed E-state index contributed by atoms with van der Waals surface area (Å²) in [6.07, 6.45) is -0.394. The summed E-state index contributed by atoms with van der Waals surface area (Å²) in [6.45, 7) is 1.39. The maximum Gasteiger partial charge on any atom is 0.304 e. The first kappa shape index (κ1) is 13.2. The molecule has 1 aromatic rings. The van der Waals surface area contributed by atoms with Crippen LogP contribution in [0.4, 0.5) is 0 Å². The molecule has 1 unspecified atom stereocenters. The third-order valence-electron chi connectivity index (χ3n) is 2.12. The van der Waals surface area contributed by atoms with Gasteiger partial charge in [-0.25, -0.2) is 8.42 Å². The zero-order valence-electron chi connectivity index (χ0n) is 8.55. The van der Waals surface area contributed by atoms with Crippen LogP contribution in [-0.4, -0.2) is 24.7 Å². The molecule has 0 aromatic heterocycles. The number of rotatable bonds is 4. The largest absolute Gasteiger partial charge is 0.481 e. The van der Waals surface area contributed by atoms with Crippen LogP contribution < -0.4 is 0 Å². The summed E-state index contributed by atoms with van der Waals surface area (Å²) in [5, 5.41) is 7.64. The first-order valence-electron chi connectivity index (χ1n) is 4.55. The molecular formula is C10H11BrO4S. The molecule has 0 saturated heterocycles. The number of sulfone groups is 1. The van der Waals surface area contributed by atoms with Crippen LogP contribution in [0.5, 0.6) is 0 Å². The van der Waals surface area contributed by atoms with Crippen molar-refractivity contribution in [2.24, 2.45) is 0 Å².